The molecule has 3 aromatic carbocycles. The Hall–Kier alpha value is -5.06. The summed E-state index contributed by atoms with van der Waals surface area (Å²) in [6.07, 6.45) is 2.32. The molecule has 1 fully saturated rings. The number of carbonyl (C=O) groups is 3. The number of carbonyl (C=O) groups excluding carboxylic acids is 2. The lowest BCUT2D eigenvalue weighted by atomic mass is 9.91. The highest BCUT2D eigenvalue weighted by molar-refractivity contribution is 5.96. The molecule has 0 radical (unpaired) electrons. The molecular weight excluding hydrogens is 552 g/mol. The molecule has 0 heterocycles. The largest absolute Gasteiger partial charge is 0.478 e. The SMILES string of the molecule is CC(C)(C)OC(=O)NC1CCC(NC(=O)c2cc(Oc3ccc(C(=N)N)cc3)cc(Oc3ccc(C(=O)O)cc3)c2)CC1. The Bertz CT molecular complexity index is 1400. The molecule has 0 unspecified atom stereocenters. The normalized spacial score (nSPS) is 16.4. The first-order valence-corrected chi connectivity index (χ1v) is 13.9. The van der Waals surface area contributed by atoms with E-state index in [1.54, 1.807) is 42.5 Å². The smallest absolute Gasteiger partial charge is 0.407 e. The van der Waals surface area contributed by atoms with Crippen molar-refractivity contribution in [3.63, 3.8) is 0 Å². The number of ether oxygens (including phenoxy) is 3. The molecule has 1 saturated carbocycles. The van der Waals surface area contributed by atoms with Crippen molar-refractivity contribution < 1.29 is 33.7 Å². The number of amidine groups is 1. The summed E-state index contributed by atoms with van der Waals surface area (Å²) >= 11 is 0. The molecule has 0 aliphatic heterocycles. The Morgan fingerprint density at radius 1 is 0.744 bits per heavy atom. The molecule has 0 spiro atoms. The fraction of sp³-hybridized carbons (Fsp3) is 0.312. The summed E-state index contributed by atoms with van der Waals surface area (Å²) < 4.78 is 17.3. The first-order chi connectivity index (χ1) is 20.3. The molecule has 0 saturated heterocycles. The molecule has 43 heavy (non-hydrogen) atoms. The predicted octanol–water partition coefficient (Wildman–Crippen LogP) is 5.82. The zero-order chi connectivity index (χ0) is 31.1. The van der Waals surface area contributed by atoms with Crippen molar-refractivity contribution in [1.29, 1.82) is 5.41 Å². The van der Waals surface area contributed by atoms with Gasteiger partial charge in [0.05, 0.1) is 5.56 Å². The van der Waals surface area contributed by atoms with Gasteiger partial charge in [0, 0.05) is 29.3 Å². The highest BCUT2D eigenvalue weighted by atomic mass is 16.6. The third-order valence-corrected chi connectivity index (χ3v) is 6.66. The van der Waals surface area contributed by atoms with Crippen LogP contribution in [0.25, 0.3) is 0 Å². The Morgan fingerprint density at radius 3 is 1.65 bits per heavy atom. The summed E-state index contributed by atoms with van der Waals surface area (Å²) in [7, 11) is 0. The van der Waals surface area contributed by atoms with Crippen molar-refractivity contribution in [2.45, 2.75) is 64.1 Å². The molecule has 11 heteroatoms. The van der Waals surface area contributed by atoms with Crippen LogP contribution in [0.2, 0.25) is 0 Å². The van der Waals surface area contributed by atoms with Gasteiger partial charge in [0.25, 0.3) is 5.91 Å². The minimum Gasteiger partial charge on any atom is -0.478 e. The predicted molar refractivity (Wildman–Crippen MR) is 160 cm³/mol. The van der Waals surface area contributed by atoms with E-state index in [9.17, 15) is 19.5 Å². The molecule has 2 amide bonds. The first kappa shape index (κ1) is 30.9. The lowest BCUT2D eigenvalue weighted by molar-refractivity contribution is 0.0487. The van der Waals surface area contributed by atoms with Crippen molar-refractivity contribution in [2.24, 2.45) is 5.73 Å². The number of carboxylic acids is 1. The van der Waals surface area contributed by atoms with Crippen LogP contribution in [-0.4, -0.2) is 46.6 Å². The molecule has 4 rings (SSSR count). The third-order valence-electron chi connectivity index (χ3n) is 6.66. The van der Waals surface area contributed by atoms with Gasteiger partial charge in [0.15, 0.2) is 0 Å². The zero-order valence-electron chi connectivity index (χ0n) is 24.3. The molecule has 226 valence electrons. The highest BCUT2D eigenvalue weighted by Crippen LogP contribution is 2.31. The van der Waals surface area contributed by atoms with Crippen molar-refractivity contribution >= 4 is 23.8 Å². The lowest BCUT2D eigenvalue weighted by Crippen LogP contribution is -2.45. The van der Waals surface area contributed by atoms with Crippen LogP contribution >= 0.6 is 0 Å². The number of rotatable bonds is 9. The molecular formula is C32H36N4O7. The van der Waals surface area contributed by atoms with Crippen LogP contribution in [0.15, 0.2) is 66.7 Å². The summed E-state index contributed by atoms with van der Waals surface area (Å²) in [5.74, 6) is 0.0788. The van der Waals surface area contributed by atoms with E-state index >= 15 is 0 Å². The van der Waals surface area contributed by atoms with E-state index in [1.165, 1.54) is 24.3 Å². The number of amides is 2. The van der Waals surface area contributed by atoms with E-state index in [4.69, 9.17) is 25.4 Å². The fourth-order valence-corrected chi connectivity index (χ4v) is 4.59. The number of alkyl carbamates (subject to hydrolysis) is 1. The van der Waals surface area contributed by atoms with E-state index in [2.05, 4.69) is 10.6 Å². The second kappa shape index (κ2) is 13.3. The molecule has 6 N–H and O–H groups in total. The number of nitrogens with one attached hydrogen (secondary N) is 3. The van der Waals surface area contributed by atoms with Gasteiger partial charge in [-0.2, -0.15) is 0 Å². The zero-order valence-corrected chi connectivity index (χ0v) is 24.3. The Balaban J connectivity index is 1.47. The minimum atomic E-state index is -1.05. The number of benzene rings is 3. The standard InChI is InChI=1S/C32H36N4O7/c1-32(2,3)43-31(40)36-23-10-8-22(9-11-23)35-29(37)21-16-26(41-24-12-4-19(5-13-24)28(33)34)18-27(17-21)42-25-14-6-20(7-15-25)30(38)39/h4-7,12-18,22-23H,8-11H2,1-3H3,(H3,33,34)(H,35,37)(H,36,40)(H,38,39). The number of hydrogen-bond acceptors (Lipinski definition) is 7. The lowest BCUT2D eigenvalue weighted by Gasteiger charge is -2.30. The second-order valence-corrected chi connectivity index (χ2v) is 11.3. The van der Waals surface area contributed by atoms with Gasteiger partial charge in [-0.25, -0.2) is 9.59 Å². The number of hydrogen-bond donors (Lipinski definition) is 5. The molecule has 11 nitrogen and oxygen atoms in total. The summed E-state index contributed by atoms with van der Waals surface area (Å²) in [5.41, 5.74) is 5.94. The Morgan fingerprint density at radius 2 is 1.21 bits per heavy atom. The average molecular weight is 589 g/mol. The van der Waals surface area contributed by atoms with Crippen LogP contribution in [0.3, 0.4) is 0 Å². The maximum Gasteiger partial charge on any atom is 0.407 e. The summed E-state index contributed by atoms with van der Waals surface area (Å²) in [6, 6.07) is 17.3. The second-order valence-electron chi connectivity index (χ2n) is 11.3. The topological polar surface area (TPSA) is 173 Å². The summed E-state index contributed by atoms with van der Waals surface area (Å²) in [6.45, 7) is 5.44. The summed E-state index contributed by atoms with van der Waals surface area (Å²) in [5, 5.41) is 22.7. The molecule has 0 aromatic heterocycles. The molecule has 0 atom stereocenters. The number of nitrogens with two attached hydrogens (primary N) is 1. The van der Waals surface area contributed by atoms with Gasteiger partial charge in [-0.3, -0.25) is 10.2 Å². The van der Waals surface area contributed by atoms with E-state index in [1.807, 2.05) is 20.8 Å². The first-order valence-electron chi connectivity index (χ1n) is 13.9. The van der Waals surface area contributed by atoms with Gasteiger partial charge in [-0.1, -0.05) is 0 Å². The number of carboxylic acid groups (broad SMARTS) is 1. The highest BCUT2D eigenvalue weighted by Gasteiger charge is 2.26. The van der Waals surface area contributed by atoms with Crippen LogP contribution in [0, 0.1) is 5.41 Å². The monoisotopic (exact) mass is 588 g/mol. The van der Waals surface area contributed by atoms with Crippen LogP contribution in [-0.2, 0) is 4.74 Å². The van der Waals surface area contributed by atoms with Gasteiger partial charge >= 0.3 is 12.1 Å². The third kappa shape index (κ3) is 9.22. The van der Waals surface area contributed by atoms with Crippen LogP contribution in [0.1, 0.15) is 72.7 Å². The van der Waals surface area contributed by atoms with Crippen LogP contribution < -0.4 is 25.8 Å². The number of nitrogen functional groups attached to an aromatic ring is 1. The van der Waals surface area contributed by atoms with Gasteiger partial charge in [-0.15, -0.1) is 0 Å². The van der Waals surface area contributed by atoms with Gasteiger partial charge in [0.1, 0.15) is 34.4 Å². The van der Waals surface area contributed by atoms with Crippen LogP contribution in [0.4, 0.5) is 4.79 Å². The molecule has 0 bridgehead atoms. The van der Waals surface area contributed by atoms with Gasteiger partial charge in [-0.05, 0) is 107 Å². The van der Waals surface area contributed by atoms with Gasteiger partial charge < -0.3 is 35.7 Å². The van der Waals surface area contributed by atoms with E-state index in [0.717, 1.165) is 0 Å². The average Bonchev–Trinajstić information content (AvgIpc) is 2.93. The van der Waals surface area contributed by atoms with Gasteiger partial charge in [0.2, 0.25) is 0 Å². The van der Waals surface area contributed by atoms with Crippen molar-refractivity contribution in [3.05, 3.63) is 83.4 Å². The number of aromatic carboxylic acids is 1. The summed E-state index contributed by atoms with van der Waals surface area (Å²) in [4.78, 5) is 36.7. The maximum absolute atomic E-state index is 13.4. The van der Waals surface area contributed by atoms with Crippen LogP contribution in [0.5, 0.6) is 23.0 Å². The van der Waals surface area contributed by atoms with E-state index in [-0.39, 0.29) is 29.4 Å². The van der Waals surface area contributed by atoms with Crippen molar-refractivity contribution in [1.82, 2.24) is 10.6 Å². The Labute approximate surface area is 249 Å². The quantitative estimate of drug-likeness (QED) is 0.154. The van der Waals surface area contributed by atoms with E-state index < -0.39 is 17.7 Å². The fourth-order valence-electron chi connectivity index (χ4n) is 4.59. The van der Waals surface area contributed by atoms with E-state index in [0.29, 0.717) is 59.8 Å². The molecule has 1 aliphatic carbocycles. The maximum atomic E-state index is 13.4. The van der Waals surface area contributed by atoms with Crippen molar-refractivity contribution in [3.8, 4) is 23.0 Å². The molecule has 1 aliphatic rings. The molecule has 3 aromatic rings. The minimum absolute atomic E-state index is 0.0263. The van der Waals surface area contributed by atoms with Crippen molar-refractivity contribution in [2.75, 3.05) is 0 Å². The Kier molecular flexibility index (Phi) is 9.54.